The van der Waals surface area contributed by atoms with E-state index >= 15 is 0 Å². The van der Waals surface area contributed by atoms with Gasteiger partial charge in [-0.2, -0.15) is 0 Å². The van der Waals surface area contributed by atoms with Crippen LogP contribution in [0, 0.1) is 17.8 Å². The van der Waals surface area contributed by atoms with Crippen molar-refractivity contribution in [2.75, 3.05) is 6.67 Å². The van der Waals surface area contributed by atoms with Gasteiger partial charge in [-0.3, -0.25) is 9.18 Å². The summed E-state index contributed by atoms with van der Waals surface area (Å²) in [6, 6.07) is 0. The highest BCUT2D eigenvalue weighted by Crippen LogP contribution is 2.39. The summed E-state index contributed by atoms with van der Waals surface area (Å²) >= 11 is 0. The SMILES string of the molecule is CCCCCCC=C[C@H]1[C@H](CF)CC(=O)[C@@H]1CCCCCC(O)C(=O)O. The lowest BCUT2D eigenvalue weighted by molar-refractivity contribution is -0.147. The van der Waals surface area contributed by atoms with Crippen LogP contribution >= 0.6 is 0 Å². The van der Waals surface area contributed by atoms with Gasteiger partial charge in [-0.1, -0.05) is 57.6 Å². The first-order chi connectivity index (χ1) is 12.5. The van der Waals surface area contributed by atoms with E-state index in [0.717, 1.165) is 32.1 Å². The highest BCUT2D eigenvalue weighted by Gasteiger charge is 2.40. The first-order valence-corrected chi connectivity index (χ1v) is 10.2. The van der Waals surface area contributed by atoms with Crippen molar-refractivity contribution < 1.29 is 24.2 Å². The molecule has 5 heteroatoms. The first-order valence-electron chi connectivity index (χ1n) is 10.2. The largest absolute Gasteiger partial charge is 0.479 e. The molecule has 0 aromatic carbocycles. The van der Waals surface area contributed by atoms with Crippen LogP contribution in [0.3, 0.4) is 0 Å². The second kappa shape index (κ2) is 13.0. The average Bonchev–Trinajstić information content (AvgIpc) is 2.92. The van der Waals surface area contributed by atoms with Gasteiger partial charge in [0.1, 0.15) is 5.78 Å². The molecule has 0 radical (unpaired) electrons. The second-order valence-electron chi connectivity index (χ2n) is 7.54. The maximum absolute atomic E-state index is 13.3. The molecule has 1 aliphatic carbocycles. The lowest BCUT2D eigenvalue weighted by atomic mass is 9.85. The maximum Gasteiger partial charge on any atom is 0.332 e. The standard InChI is InChI=1S/C21H35FO4/c1-2-3-4-5-6-8-11-17-16(15-22)14-20(24)18(17)12-9-7-10-13-19(23)21(25)26/h8,11,16-19,23H,2-7,9-10,12-15H2,1H3,(H,25,26)/t16-,17-,18+,19?/m0/s1. The lowest BCUT2D eigenvalue weighted by Gasteiger charge is -2.19. The van der Waals surface area contributed by atoms with E-state index in [9.17, 15) is 19.1 Å². The van der Waals surface area contributed by atoms with Crippen LogP contribution in [-0.4, -0.2) is 34.7 Å². The molecule has 0 heterocycles. The Morgan fingerprint density at radius 2 is 1.96 bits per heavy atom. The Labute approximate surface area is 156 Å². The molecule has 1 rings (SSSR count). The maximum atomic E-state index is 13.3. The number of unbranched alkanes of at least 4 members (excludes halogenated alkanes) is 6. The fourth-order valence-electron chi connectivity index (χ4n) is 3.84. The summed E-state index contributed by atoms with van der Waals surface area (Å²) in [6.45, 7) is 1.73. The first kappa shape index (κ1) is 22.8. The van der Waals surface area contributed by atoms with Crippen LogP contribution in [0.15, 0.2) is 12.2 Å². The predicted octanol–water partition coefficient (Wildman–Crippen LogP) is 4.70. The van der Waals surface area contributed by atoms with Crippen molar-refractivity contribution in [2.24, 2.45) is 17.8 Å². The Hall–Kier alpha value is -1.23. The summed E-state index contributed by atoms with van der Waals surface area (Å²) < 4.78 is 13.3. The number of carbonyl (C=O) groups excluding carboxylic acids is 1. The summed E-state index contributed by atoms with van der Waals surface area (Å²) in [6.07, 6.45) is 12.2. The van der Waals surface area contributed by atoms with E-state index in [4.69, 9.17) is 5.11 Å². The van der Waals surface area contributed by atoms with E-state index in [-0.39, 0.29) is 30.0 Å². The van der Waals surface area contributed by atoms with Gasteiger partial charge in [0.25, 0.3) is 0 Å². The van der Waals surface area contributed by atoms with Crippen LogP contribution in [0.4, 0.5) is 4.39 Å². The minimum Gasteiger partial charge on any atom is -0.479 e. The molecule has 2 N–H and O–H groups in total. The predicted molar refractivity (Wildman–Crippen MR) is 101 cm³/mol. The lowest BCUT2D eigenvalue weighted by Crippen LogP contribution is -2.19. The molecule has 1 fully saturated rings. The van der Waals surface area contributed by atoms with Gasteiger partial charge in [0, 0.05) is 18.3 Å². The number of ketones is 1. The van der Waals surface area contributed by atoms with Crippen molar-refractivity contribution in [3.63, 3.8) is 0 Å². The number of carbonyl (C=O) groups is 2. The molecule has 0 saturated heterocycles. The smallest absolute Gasteiger partial charge is 0.332 e. The van der Waals surface area contributed by atoms with E-state index in [0.29, 0.717) is 12.8 Å². The quantitative estimate of drug-likeness (QED) is 0.343. The monoisotopic (exact) mass is 370 g/mol. The zero-order valence-corrected chi connectivity index (χ0v) is 16.0. The molecule has 4 nitrogen and oxygen atoms in total. The van der Waals surface area contributed by atoms with Crippen LogP contribution in [0.1, 0.15) is 77.6 Å². The van der Waals surface area contributed by atoms with E-state index in [1.165, 1.54) is 19.3 Å². The number of carboxylic acids is 1. The van der Waals surface area contributed by atoms with Gasteiger partial charge >= 0.3 is 5.97 Å². The molecule has 1 unspecified atom stereocenters. The van der Waals surface area contributed by atoms with Gasteiger partial charge in [0.05, 0.1) is 6.67 Å². The molecule has 0 aliphatic heterocycles. The Bertz CT molecular complexity index is 449. The number of hydrogen-bond acceptors (Lipinski definition) is 3. The number of Topliss-reactive ketones (excluding diaryl/α,β-unsaturated/α-hetero) is 1. The van der Waals surface area contributed by atoms with Crippen molar-refractivity contribution in [1.29, 1.82) is 0 Å². The molecule has 26 heavy (non-hydrogen) atoms. The molecule has 150 valence electrons. The topological polar surface area (TPSA) is 74.6 Å². The van der Waals surface area contributed by atoms with Gasteiger partial charge in [0.15, 0.2) is 6.10 Å². The number of alkyl halides is 1. The highest BCUT2D eigenvalue weighted by atomic mass is 19.1. The number of aliphatic hydroxyl groups excluding tert-OH is 1. The van der Waals surface area contributed by atoms with Crippen molar-refractivity contribution in [3.8, 4) is 0 Å². The number of aliphatic hydroxyl groups is 1. The summed E-state index contributed by atoms with van der Waals surface area (Å²) in [4.78, 5) is 22.8. The van der Waals surface area contributed by atoms with Crippen molar-refractivity contribution in [1.82, 2.24) is 0 Å². The molecular formula is C21H35FO4. The molecule has 1 aliphatic rings. The van der Waals surface area contributed by atoms with Crippen LogP contribution < -0.4 is 0 Å². The fraction of sp³-hybridized carbons (Fsp3) is 0.810. The highest BCUT2D eigenvalue weighted by molar-refractivity contribution is 5.84. The molecule has 0 aromatic rings. The Kier molecular flexibility index (Phi) is 11.4. The number of carboxylic acid groups (broad SMARTS) is 1. The number of hydrogen-bond donors (Lipinski definition) is 2. The van der Waals surface area contributed by atoms with Gasteiger partial charge < -0.3 is 10.2 Å². The zero-order chi connectivity index (χ0) is 19.4. The second-order valence-corrected chi connectivity index (χ2v) is 7.54. The van der Waals surface area contributed by atoms with Gasteiger partial charge in [0.2, 0.25) is 0 Å². The third kappa shape index (κ3) is 7.98. The molecule has 4 atom stereocenters. The van der Waals surface area contributed by atoms with Crippen molar-refractivity contribution >= 4 is 11.8 Å². The van der Waals surface area contributed by atoms with Crippen LogP contribution in [-0.2, 0) is 9.59 Å². The Balaban J connectivity index is 2.40. The van der Waals surface area contributed by atoms with E-state index in [1.54, 1.807) is 0 Å². The van der Waals surface area contributed by atoms with Crippen LogP contribution in [0.5, 0.6) is 0 Å². The van der Waals surface area contributed by atoms with Gasteiger partial charge in [-0.15, -0.1) is 0 Å². The minimum absolute atomic E-state index is 0.00304. The summed E-state index contributed by atoms with van der Waals surface area (Å²) in [7, 11) is 0. The molecule has 0 bridgehead atoms. The van der Waals surface area contributed by atoms with Crippen LogP contribution in [0.25, 0.3) is 0 Å². The number of rotatable bonds is 14. The molecule has 0 amide bonds. The number of aliphatic carboxylic acids is 1. The minimum atomic E-state index is -1.30. The summed E-state index contributed by atoms with van der Waals surface area (Å²) in [5.41, 5.74) is 0. The summed E-state index contributed by atoms with van der Waals surface area (Å²) in [5, 5.41) is 17.9. The zero-order valence-electron chi connectivity index (χ0n) is 16.0. The van der Waals surface area contributed by atoms with Gasteiger partial charge in [-0.05, 0) is 31.6 Å². The Morgan fingerprint density at radius 1 is 1.23 bits per heavy atom. The van der Waals surface area contributed by atoms with Crippen molar-refractivity contribution in [3.05, 3.63) is 12.2 Å². The third-order valence-corrected chi connectivity index (χ3v) is 5.44. The third-order valence-electron chi connectivity index (χ3n) is 5.44. The van der Waals surface area contributed by atoms with Crippen molar-refractivity contribution in [2.45, 2.75) is 83.7 Å². The number of allylic oxidation sites excluding steroid dienone is 2. The van der Waals surface area contributed by atoms with E-state index in [2.05, 4.69) is 19.1 Å². The molecular weight excluding hydrogens is 335 g/mol. The molecule has 0 spiro atoms. The Morgan fingerprint density at radius 3 is 2.62 bits per heavy atom. The van der Waals surface area contributed by atoms with E-state index < -0.39 is 18.7 Å². The van der Waals surface area contributed by atoms with E-state index in [1.807, 2.05) is 0 Å². The van der Waals surface area contributed by atoms with Crippen LogP contribution in [0.2, 0.25) is 0 Å². The fourth-order valence-corrected chi connectivity index (χ4v) is 3.84. The number of halogens is 1. The molecule has 0 aromatic heterocycles. The van der Waals surface area contributed by atoms with Gasteiger partial charge in [-0.25, -0.2) is 4.79 Å². The molecule has 1 saturated carbocycles. The average molecular weight is 371 g/mol. The summed E-state index contributed by atoms with van der Waals surface area (Å²) in [5.74, 6) is -1.31. The normalized spacial score (nSPS) is 24.4.